The number of hydrogen-bond acceptors (Lipinski definition) is 8. The Bertz CT molecular complexity index is 915. The number of anilines is 2. The lowest BCUT2D eigenvalue weighted by atomic mass is 10.2. The first-order chi connectivity index (χ1) is 13.1. The minimum atomic E-state index is -3.71. The summed E-state index contributed by atoms with van der Waals surface area (Å²) in [7, 11) is -2.22. The average molecular weight is 445 g/mol. The van der Waals surface area contributed by atoms with Crippen molar-refractivity contribution in [1.82, 2.24) is 10.2 Å². The van der Waals surface area contributed by atoms with E-state index < -0.39 is 22.0 Å². The number of ether oxygens (including phenoxy) is 1. The molecule has 0 spiro atoms. The van der Waals surface area contributed by atoms with Crippen molar-refractivity contribution in [1.29, 1.82) is 0 Å². The zero-order valence-electron chi connectivity index (χ0n) is 16.4. The molecule has 2 rings (SSSR count). The van der Waals surface area contributed by atoms with Crippen LogP contribution in [0.15, 0.2) is 28.6 Å². The number of amides is 1. The van der Waals surface area contributed by atoms with Crippen LogP contribution < -0.4 is 14.4 Å². The third-order valence-corrected chi connectivity index (χ3v) is 7.21. The molecule has 1 atom stereocenters. The van der Waals surface area contributed by atoms with E-state index in [4.69, 9.17) is 4.74 Å². The number of carbonyl (C=O) groups is 1. The van der Waals surface area contributed by atoms with E-state index in [2.05, 4.69) is 29.4 Å². The van der Waals surface area contributed by atoms with E-state index in [1.165, 1.54) is 25.4 Å². The van der Waals surface area contributed by atoms with E-state index in [1.807, 2.05) is 0 Å². The molecule has 28 heavy (non-hydrogen) atoms. The van der Waals surface area contributed by atoms with E-state index in [0.29, 0.717) is 22.5 Å². The van der Waals surface area contributed by atoms with Crippen molar-refractivity contribution >= 4 is 49.8 Å². The van der Waals surface area contributed by atoms with E-state index in [-0.39, 0.29) is 0 Å². The van der Waals surface area contributed by atoms with Gasteiger partial charge in [0.25, 0.3) is 0 Å². The van der Waals surface area contributed by atoms with Gasteiger partial charge in [-0.25, -0.2) is 8.42 Å². The minimum Gasteiger partial charge on any atom is -0.497 e. The summed E-state index contributed by atoms with van der Waals surface area (Å²) < 4.78 is 31.7. The van der Waals surface area contributed by atoms with Gasteiger partial charge in [0.15, 0.2) is 4.34 Å². The molecule has 1 amide bonds. The molecule has 0 unspecified atom stereocenters. The Balaban J connectivity index is 2.18. The van der Waals surface area contributed by atoms with Gasteiger partial charge in [-0.15, -0.1) is 10.2 Å². The lowest BCUT2D eigenvalue weighted by molar-refractivity contribution is -0.116. The van der Waals surface area contributed by atoms with Crippen molar-refractivity contribution < 1.29 is 17.9 Å². The predicted molar refractivity (Wildman–Crippen MR) is 114 cm³/mol. The molecule has 0 radical (unpaired) electrons. The van der Waals surface area contributed by atoms with Gasteiger partial charge in [-0.3, -0.25) is 14.4 Å². The predicted octanol–water partition coefficient (Wildman–Crippen LogP) is 3.09. The van der Waals surface area contributed by atoms with Crippen molar-refractivity contribution in [2.45, 2.75) is 31.2 Å². The van der Waals surface area contributed by atoms with E-state index in [1.54, 1.807) is 36.0 Å². The number of methoxy groups -OCH3 is 1. The van der Waals surface area contributed by atoms with Crippen LogP contribution in [0, 0.1) is 5.92 Å². The fourth-order valence-electron chi connectivity index (χ4n) is 2.32. The fourth-order valence-corrected chi connectivity index (χ4v) is 5.22. The number of aromatic nitrogens is 2. The van der Waals surface area contributed by atoms with Gasteiger partial charge in [-0.1, -0.05) is 43.0 Å². The number of carbonyl (C=O) groups excluding carboxylic acids is 1. The molecule has 8 nitrogen and oxygen atoms in total. The van der Waals surface area contributed by atoms with Crippen LogP contribution >= 0.6 is 23.1 Å². The van der Waals surface area contributed by atoms with Gasteiger partial charge in [-0.05, 0) is 25.0 Å². The van der Waals surface area contributed by atoms with Gasteiger partial charge in [0.1, 0.15) is 11.8 Å². The molecule has 0 saturated heterocycles. The Morgan fingerprint density at radius 1 is 1.32 bits per heavy atom. The Morgan fingerprint density at radius 3 is 2.64 bits per heavy atom. The lowest BCUT2D eigenvalue weighted by Crippen LogP contribution is -2.45. The van der Waals surface area contributed by atoms with Crippen LogP contribution in [0.3, 0.4) is 0 Å². The molecular weight excluding hydrogens is 420 g/mol. The maximum absolute atomic E-state index is 12.7. The molecule has 1 aromatic heterocycles. The second-order valence-corrected chi connectivity index (χ2v) is 10.6. The molecular formula is C17H24N4O4S3. The quantitative estimate of drug-likeness (QED) is 0.468. The van der Waals surface area contributed by atoms with Gasteiger partial charge in [-0.2, -0.15) is 0 Å². The maximum atomic E-state index is 12.7. The standard InChI is InChI=1S/C17H24N4O4S3/c1-11(2)10-26-17-20-19-16(27-17)18-15(22)12(3)21(28(5,23)24)13-7-6-8-14(9-13)25-4/h6-9,11-12H,10H2,1-5H3,(H,18,19,22)/t12-/m1/s1. The summed E-state index contributed by atoms with van der Waals surface area (Å²) >= 11 is 2.83. The van der Waals surface area contributed by atoms with Gasteiger partial charge < -0.3 is 4.74 Å². The first-order valence-corrected chi connectivity index (χ1v) is 12.2. The number of sulfonamides is 1. The molecule has 1 N–H and O–H groups in total. The normalized spacial score (nSPS) is 12.6. The molecule has 0 bridgehead atoms. The van der Waals surface area contributed by atoms with Crippen LogP contribution in [-0.2, 0) is 14.8 Å². The highest BCUT2D eigenvalue weighted by Gasteiger charge is 2.30. The van der Waals surface area contributed by atoms with Crippen LogP contribution in [0.2, 0.25) is 0 Å². The van der Waals surface area contributed by atoms with Gasteiger partial charge >= 0.3 is 0 Å². The number of rotatable bonds is 9. The van der Waals surface area contributed by atoms with Crippen LogP contribution in [0.1, 0.15) is 20.8 Å². The minimum absolute atomic E-state index is 0.335. The topological polar surface area (TPSA) is 101 Å². The largest absolute Gasteiger partial charge is 0.497 e. The van der Waals surface area contributed by atoms with Crippen LogP contribution in [0.5, 0.6) is 5.75 Å². The van der Waals surface area contributed by atoms with Crippen LogP contribution in [0.25, 0.3) is 0 Å². The van der Waals surface area contributed by atoms with E-state index >= 15 is 0 Å². The molecule has 1 aromatic carbocycles. The lowest BCUT2D eigenvalue weighted by Gasteiger charge is -2.28. The van der Waals surface area contributed by atoms with Gasteiger partial charge in [0.05, 0.1) is 19.1 Å². The SMILES string of the molecule is COc1cccc(N([C@H](C)C(=O)Nc2nnc(SCC(C)C)s2)S(C)(=O)=O)c1. The zero-order valence-corrected chi connectivity index (χ0v) is 18.8. The highest BCUT2D eigenvalue weighted by atomic mass is 32.2. The highest BCUT2D eigenvalue weighted by Crippen LogP contribution is 2.28. The molecule has 154 valence electrons. The average Bonchev–Trinajstić information content (AvgIpc) is 3.06. The number of benzene rings is 1. The van der Waals surface area contributed by atoms with Crippen molar-refractivity contribution in [3.8, 4) is 5.75 Å². The van der Waals surface area contributed by atoms with E-state index in [0.717, 1.165) is 20.7 Å². The molecule has 11 heteroatoms. The summed E-state index contributed by atoms with van der Waals surface area (Å²) in [6, 6.07) is 5.56. The smallest absolute Gasteiger partial charge is 0.249 e. The third kappa shape index (κ3) is 6.08. The Labute approximate surface area is 173 Å². The van der Waals surface area contributed by atoms with E-state index in [9.17, 15) is 13.2 Å². The second-order valence-electron chi connectivity index (χ2n) is 6.50. The number of hydrogen-bond donors (Lipinski definition) is 1. The molecule has 0 aliphatic heterocycles. The Kier molecular flexibility index (Phi) is 7.67. The second kappa shape index (κ2) is 9.57. The molecule has 0 saturated carbocycles. The Morgan fingerprint density at radius 2 is 2.04 bits per heavy atom. The first kappa shape index (κ1) is 22.4. The maximum Gasteiger partial charge on any atom is 0.249 e. The highest BCUT2D eigenvalue weighted by molar-refractivity contribution is 8.01. The molecule has 0 fully saturated rings. The third-order valence-electron chi connectivity index (χ3n) is 3.57. The zero-order chi connectivity index (χ0) is 20.9. The summed E-state index contributed by atoms with van der Waals surface area (Å²) in [4.78, 5) is 12.7. The van der Waals surface area contributed by atoms with Crippen molar-refractivity contribution in [3.63, 3.8) is 0 Å². The first-order valence-electron chi connectivity index (χ1n) is 8.52. The molecule has 0 aliphatic rings. The summed E-state index contributed by atoms with van der Waals surface area (Å²) in [5.74, 6) is 1.41. The monoisotopic (exact) mass is 444 g/mol. The van der Waals surface area contributed by atoms with Crippen molar-refractivity contribution in [2.75, 3.05) is 28.7 Å². The molecule has 1 heterocycles. The van der Waals surface area contributed by atoms with Crippen LogP contribution in [-0.4, -0.2) is 49.7 Å². The number of nitrogens with zero attached hydrogens (tertiary/aromatic N) is 3. The van der Waals surface area contributed by atoms with Gasteiger partial charge in [0, 0.05) is 11.8 Å². The summed E-state index contributed by atoms with van der Waals surface area (Å²) in [6.45, 7) is 5.73. The van der Waals surface area contributed by atoms with Crippen LogP contribution in [0.4, 0.5) is 10.8 Å². The van der Waals surface area contributed by atoms with Crippen molar-refractivity contribution in [3.05, 3.63) is 24.3 Å². The Hall–Kier alpha value is -1.85. The molecule has 2 aromatic rings. The summed E-state index contributed by atoms with van der Waals surface area (Å²) in [5.41, 5.74) is 0.343. The summed E-state index contributed by atoms with van der Waals surface area (Å²) in [5, 5.41) is 11.0. The number of nitrogens with one attached hydrogen (secondary N) is 1. The van der Waals surface area contributed by atoms with Gasteiger partial charge in [0.2, 0.25) is 21.1 Å². The molecule has 0 aliphatic carbocycles. The fraction of sp³-hybridized carbons (Fsp3) is 0.471. The summed E-state index contributed by atoms with van der Waals surface area (Å²) in [6.07, 6.45) is 1.06. The number of thioether (sulfide) groups is 1. The van der Waals surface area contributed by atoms with Crippen molar-refractivity contribution in [2.24, 2.45) is 5.92 Å².